The van der Waals surface area contributed by atoms with Crippen LogP contribution in [0.2, 0.25) is 0 Å². The second-order valence-corrected chi connectivity index (χ2v) is 10.7. The number of anilines is 2. The number of pyridine rings is 3. The average Bonchev–Trinajstić information content (AvgIpc) is 3.21. The fourth-order valence-corrected chi connectivity index (χ4v) is 5.19. The zero-order valence-electron chi connectivity index (χ0n) is 20.8. The Kier molecular flexibility index (Phi) is 7.60. The van der Waals surface area contributed by atoms with Crippen LogP contribution in [0.3, 0.4) is 0 Å². The van der Waals surface area contributed by atoms with Crippen LogP contribution in [-0.4, -0.2) is 59.2 Å². The highest BCUT2D eigenvalue weighted by atomic mass is 32.2. The van der Waals surface area contributed by atoms with Crippen LogP contribution in [0.4, 0.5) is 11.6 Å². The molecule has 4 heterocycles. The summed E-state index contributed by atoms with van der Waals surface area (Å²) in [5.74, 6) is -0.0387. The number of amides is 1. The molecule has 1 fully saturated rings. The van der Waals surface area contributed by atoms with Crippen molar-refractivity contribution < 1.29 is 25.9 Å². The van der Waals surface area contributed by atoms with Gasteiger partial charge in [-0.2, -0.15) is 8.42 Å². The zero-order chi connectivity index (χ0) is 26.7. The minimum atomic E-state index is -4.26. The van der Waals surface area contributed by atoms with Gasteiger partial charge < -0.3 is 20.5 Å². The molecule has 12 heteroatoms. The number of aromatic nitrogens is 3. The first-order valence-electron chi connectivity index (χ1n) is 11.9. The normalized spacial score (nSPS) is 18.4. The molecule has 3 atom stereocenters. The van der Waals surface area contributed by atoms with Crippen LogP contribution in [0.25, 0.3) is 11.3 Å². The van der Waals surface area contributed by atoms with E-state index in [1.165, 1.54) is 18.2 Å². The van der Waals surface area contributed by atoms with E-state index < -0.39 is 22.0 Å². The number of carbonyl (C=O) groups is 1. The fourth-order valence-electron chi connectivity index (χ4n) is 4.25. The summed E-state index contributed by atoms with van der Waals surface area (Å²) in [6.07, 6.45) is 3.03. The first-order chi connectivity index (χ1) is 17.6. The Labute approximate surface area is 218 Å². The topological polar surface area (TPSA) is 161 Å². The highest BCUT2D eigenvalue weighted by Crippen LogP contribution is 2.33. The smallest absolute Gasteiger partial charge is 0.281 e. The van der Waals surface area contributed by atoms with Crippen molar-refractivity contribution in [3.8, 4) is 17.1 Å². The summed E-state index contributed by atoms with van der Waals surface area (Å²) in [5, 5.41) is 8.83. The second kappa shape index (κ2) is 10.7. The van der Waals surface area contributed by atoms with Gasteiger partial charge in [-0.1, -0.05) is 6.07 Å². The first-order valence-corrected chi connectivity index (χ1v) is 13.4. The molecule has 4 N–H and O–H groups in total. The fraction of sp³-hybridized carbons (Fsp3) is 0.360. The largest absolute Gasteiger partial charge is 0.472 e. The van der Waals surface area contributed by atoms with Gasteiger partial charge in [0, 0.05) is 32.8 Å². The molecule has 1 aliphatic heterocycles. The number of nitrogens with zero attached hydrogens (tertiary/aromatic N) is 4. The van der Waals surface area contributed by atoms with Crippen LogP contribution in [0, 0.1) is 0 Å². The van der Waals surface area contributed by atoms with E-state index in [0.29, 0.717) is 23.0 Å². The summed E-state index contributed by atoms with van der Waals surface area (Å²) >= 11 is 0. The molecule has 0 aromatic carbocycles. The maximum absolute atomic E-state index is 13.3. The van der Waals surface area contributed by atoms with E-state index in [1.807, 2.05) is 18.7 Å². The van der Waals surface area contributed by atoms with Gasteiger partial charge in [0.05, 0.1) is 17.9 Å². The van der Waals surface area contributed by atoms with Crippen LogP contribution in [-0.2, 0) is 10.0 Å². The van der Waals surface area contributed by atoms with E-state index in [-0.39, 0.29) is 38.0 Å². The van der Waals surface area contributed by atoms with E-state index in [1.54, 1.807) is 37.4 Å². The summed E-state index contributed by atoms with van der Waals surface area (Å²) in [6.45, 7) is 5.69. The van der Waals surface area contributed by atoms with Gasteiger partial charge in [-0.3, -0.25) is 4.79 Å². The average molecular weight is 531 g/mol. The number of aliphatic hydroxyl groups is 1. The Bertz CT molecular complexity index is 1380. The molecule has 1 aliphatic rings. The van der Waals surface area contributed by atoms with Gasteiger partial charge in [-0.15, -0.1) is 0 Å². The lowest BCUT2D eigenvalue weighted by Gasteiger charge is -2.29. The number of hydrogen-bond donors (Lipinski definition) is 3. The molecule has 0 spiro atoms. The number of aliphatic hydroxyl groups excluding tert-OH is 1. The highest BCUT2D eigenvalue weighted by molar-refractivity contribution is 7.90. The Morgan fingerprint density at radius 1 is 1.19 bits per heavy atom. The number of hydrogen-bond acceptors (Lipinski definition) is 10. The molecule has 1 unspecified atom stereocenters. The van der Waals surface area contributed by atoms with E-state index in [2.05, 4.69) is 14.7 Å². The predicted molar refractivity (Wildman–Crippen MR) is 143 cm³/mol. The first kappa shape index (κ1) is 26.3. The highest BCUT2D eigenvalue weighted by Gasteiger charge is 2.33. The third kappa shape index (κ3) is 5.81. The van der Waals surface area contributed by atoms with Crippen molar-refractivity contribution in [1.82, 2.24) is 19.7 Å². The molecule has 37 heavy (non-hydrogen) atoms. The Morgan fingerprint density at radius 3 is 2.54 bits per heavy atom. The van der Waals surface area contributed by atoms with Crippen molar-refractivity contribution >= 4 is 27.6 Å². The van der Waals surface area contributed by atoms with E-state index in [9.17, 15) is 18.3 Å². The molecule has 0 radical (unpaired) electrons. The molecule has 0 bridgehead atoms. The lowest BCUT2D eigenvalue weighted by Crippen LogP contribution is -2.37. The van der Waals surface area contributed by atoms with E-state index in [0.717, 1.165) is 12.8 Å². The summed E-state index contributed by atoms with van der Waals surface area (Å²) < 4.78 is 33.3. The number of nitrogen functional groups attached to an aromatic ring is 1. The molecule has 11 nitrogen and oxygen atoms in total. The molecule has 1 saturated heterocycles. The zero-order valence-corrected chi connectivity index (χ0v) is 21.6. The summed E-state index contributed by atoms with van der Waals surface area (Å²) in [5.41, 5.74) is 6.99. The van der Waals surface area contributed by atoms with Gasteiger partial charge in [0.15, 0.2) is 5.03 Å². The van der Waals surface area contributed by atoms with Crippen LogP contribution in [0.15, 0.2) is 53.7 Å². The van der Waals surface area contributed by atoms with Gasteiger partial charge in [-0.25, -0.2) is 19.7 Å². The number of carbonyl (C=O) groups excluding carboxylic acids is 1. The molecule has 200 valence electrons. The quantitative estimate of drug-likeness (QED) is 0.395. The Balaban J connectivity index is 0.00000267. The van der Waals surface area contributed by atoms with Crippen molar-refractivity contribution in [2.24, 2.45) is 0 Å². The molecule has 4 rings (SSSR count). The number of sulfonamides is 1. The second-order valence-electron chi connectivity index (χ2n) is 9.08. The van der Waals surface area contributed by atoms with Gasteiger partial charge in [0.25, 0.3) is 15.9 Å². The monoisotopic (exact) mass is 530 g/mol. The number of nitrogens with one attached hydrogen (secondary N) is 1. The minimum absolute atomic E-state index is 0. The van der Waals surface area contributed by atoms with Gasteiger partial charge in [-0.05, 0) is 63.9 Å². The number of ether oxygens (including phenoxy) is 1. The number of rotatable bonds is 8. The molecule has 3 aromatic rings. The molecule has 3 aromatic heterocycles. The van der Waals surface area contributed by atoms with Crippen LogP contribution in [0.1, 0.15) is 46.8 Å². The predicted octanol–water partition coefficient (Wildman–Crippen LogP) is 2.87. The Morgan fingerprint density at radius 2 is 1.92 bits per heavy atom. The maximum Gasteiger partial charge on any atom is 0.281 e. The van der Waals surface area contributed by atoms with Crippen molar-refractivity contribution in [3.05, 3.63) is 54.2 Å². The van der Waals surface area contributed by atoms with Gasteiger partial charge >= 0.3 is 0 Å². The van der Waals surface area contributed by atoms with Crippen LogP contribution >= 0.6 is 0 Å². The molecule has 0 saturated carbocycles. The third-order valence-corrected chi connectivity index (χ3v) is 7.41. The Hall–Kier alpha value is -3.77. The summed E-state index contributed by atoms with van der Waals surface area (Å²) in [6, 6.07) is 11.0. The molecule has 0 aliphatic carbocycles. The lowest BCUT2D eigenvalue weighted by atomic mass is 10.1. The standard InChI is InChI=1S/C25H30N6O5S.2H2/c1-15-7-8-16(2)31(15)24-19(25(33)30-37(34,35)23-6-4-5-21(26)29-23)10-11-20(28-24)18-9-12-22(27-13-18)36-17(3)14-32;;/h4-6,9-13,15-17,32H,7-8,14H2,1-3H3,(H2,26,29)(H,30,33);2*1H/t15-,16+,17?;;. The van der Waals surface area contributed by atoms with Crippen molar-refractivity contribution in [2.75, 3.05) is 17.2 Å². The van der Waals surface area contributed by atoms with E-state index in [4.69, 9.17) is 15.5 Å². The van der Waals surface area contributed by atoms with Crippen LogP contribution < -0.4 is 20.1 Å². The molecular weight excluding hydrogens is 496 g/mol. The molecule has 1 amide bonds. The van der Waals surface area contributed by atoms with E-state index >= 15 is 0 Å². The van der Waals surface area contributed by atoms with Crippen LogP contribution in [0.5, 0.6) is 5.88 Å². The lowest BCUT2D eigenvalue weighted by molar-refractivity contribution is 0.0981. The SMILES string of the molecule is CC(CO)Oc1ccc(-c2ccc(C(=O)NS(=O)(=O)c3cccc(N)n3)c(N3[C@H](C)CC[C@@H]3C)n2)cn1.[HH].[HH]. The van der Waals surface area contributed by atoms with Crippen molar-refractivity contribution in [2.45, 2.75) is 56.8 Å². The summed E-state index contributed by atoms with van der Waals surface area (Å²) in [4.78, 5) is 28.2. The number of nitrogens with two attached hydrogens (primary N) is 1. The van der Waals surface area contributed by atoms with Gasteiger partial charge in [0.2, 0.25) is 5.88 Å². The van der Waals surface area contributed by atoms with Gasteiger partial charge in [0.1, 0.15) is 17.7 Å². The van der Waals surface area contributed by atoms with Crippen molar-refractivity contribution in [3.63, 3.8) is 0 Å². The minimum Gasteiger partial charge on any atom is -0.472 e. The van der Waals surface area contributed by atoms with Crippen molar-refractivity contribution in [1.29, 1.82) is 0 Å². The molecular formula is C25H34N6O5S. The summed E-state index contributed by atoms with van der Waals surface area (Å²) in [7, 11) is -4.26. The maximum atomic E-state index is 13.3. The third-order valence-electron chi connectivity index (χ3n) is 6.17.